The van der Waals surface area contributed by atoms with Crippen molar-refractivity contribution in [3.8, 4) is 0 Å². The standard InChI is InChI=1S/C16H24O3/c1-10-6-11-7-12(14(18)19-15(2,3)4)9-16(5,8-11)13(10)17/h6,11-12H,7-9H2,1-5H3/t11-,12+,16-/m1/s1. The molecule has 0 unspecified atom stereocenters. The van der Waals surface area contributed by atoms with Gasteiger partial charge in [0.2, 0.25) is 0 Å². The zero-order chi connectivity index (χ0) is 14.4. The lowest BCUT2D eigenvalue weighted by Crippen LogP contribution is -2.44. The summed E-state index contributed by atoms with van der Waals surface area (Å²) in [7, 11) is 0. The number of rotatable bonds is 1. The molecule has 3 heteroatoms. The predicted octanol–water partition coefficient (Wildman–Crippen LogP) is 3.28. The van der Waals surface area contributed by atoms with E-state index < -0.39 is 5.60 Å². The van der Waals surface area contributed by atoms with Gasteiger partial charge in [0.25, 0.3) is 0 Å². The summed E-state index contributed by atoms with van der Waals surface area (Å²) in [5.74, 6) is 0.256. The fraction of sp³-hybridized carbons (Fsp3) is 0.750. The van der Waals surface area contributed by atoms with Crippen molar-refractivity contribution in [3.05, 3.63) is 11.6 Å². The molecule has 0 aromatic carbocycles. The smallest absolute Gasteiger partial charge is 0.309 e. The van der Waals surface area contributed by atoms with Crippen molar-refractivity contribution in [1.82, 2.24) is 0 Å². The van der Waals surface area contributed by atoms with E-state index in [-0.39, 0.29) is 23.1 Å². The van der Waals surface area contributed by atoms with Gasteiger partial charge in [-0.25, -0.2) is 0 Å². The van der Waals surface area contributed by atoms with E-state index in [1.807, 2.05) is 40.7 Å². The predicted molar refractivity (Wildman–Crippen MR) is 73.5 cm³/mol. The van der Waals surface area contributed by atoms with Crippen LogP contribution in [0.25, 0.3) is 0 Å². The molecule has 0 radical (unpaired) electrons. The van der Waals surface area contributed by atoms with E-state index in [0.717, 1.165) is 18.4 Å². The average Bonchev–Trinajstić information content (AvgIpc) is 2.23. The lowest BCUT2D eigenvalue weighted by molar-refractivity contribution is -0.163. The number of allylic oxidation sites excluding steroid dienone is 2. The van der Waals surface area contributed by atoms with Gasteiger partial charge in [-0.15, -0.1) is 0 Å². The maximum absolute atomic E-state index is 12.3. The van der Waals surface area contributed by atoms with Crippen molar-refractivity contribution in [2.75, 3.05) is 0 Å². The molecular formula is C16H24O3. The molecule has 106 valence electrons. The van der Waals surface area contributed by atoms with E-state index in [2.05, 4.69) is 0 Å². The third-order valence-electron chi connectivity index (χ3n) is 4.13. The van der Waals surface area contributed by atoms with Gasteiger partial charge in [-0.3, -0.25) is 9.59 Å². The molecule has 0 aliphatic heterocycles. The van der Waals surface area contributed by atoms with Crippen molar-refractivity contribution in [3.63, 3.8) is 0 Å². The van der Waals surface area contributed by atoms with E-state index >= 15 is 0 Å². The fourth-order valence-electron chi connectivity index (χ4n) is 3.52. The molecule has 0 N–H and O–H groups in total. The van der Waals surface area contributed by atoms with E-state index in [9.17, 15) is 9.59 Å². The quantitative estimate of drug-likeness (QED) is 0.683. The Balaban J connectivity index is 2.17. The van der Waals surface area contributed by atoms with Gasteiger partial charge in [0.15, 0.2) is 5.78 Å². The van der Waals surface area contributed by atoms with E-state index in [1.54, 1.807) is 0 Å². The molecule has 0 spiro atoms. The number of esters is 1. The van der Waals surface area contributed by atoms with E-state index in [0.29, 0.717) is 12.3 Å². The zero-order valence-electron chi connectivity index (χ0n) is 12.6. The van der Waals surface area contributed by atoms with Crippen molar-refractivity contribution in [2.24, 2.45) is 17.3 Å². The first kappa shape index (κ1) is 14.3. The molecule has 0 aromatic rings. The first-order valence-electron chi connectivity index (χ1n) is 7.07. The molecule has 1 fully saturated rings. The van der Waals surface area contributed by atoms with Gasteiger partial charge in [0.05, 0.1) is 5.92 Å². The molecule has 3 atom stereocenters. The van der Waals surface area contributed by atoms with Crippen LogP contribution < -0.4 is 0 Å². The maximum atomic E-state index is 12.3. The molecule has 0 heterocycles. The van der Waals surface area contributed by atoms with Crippen LogP contribution in [0.2, 0.25) is 0 Å². The summed E-state index contributed by atoms with van der Waals surface area (Å²) in [6.45, 7) is 9.53. The van der Waals surface area contributed by atoms with Gasteiger partial charge in [0, 0.05) is 5.41 Å². The van der Waals surface area contributed by atoms with Crippen LogP contribution in [0.4, 0.5) is 0 Å². The van der Waals surface area contributed by atoms with Crippen molar-refractivity contribution in [1.29, 1.82) is 0 Å². The number of fused-ring (bicyclic) bond motifs is 2. The highest BCUT2D eigenvalue weighted by molar-refractivity contribution is 6.00. The van der Waals surface area contributed by atoms with E-state index in [4.69, 9.17) is 4.74 Å². The van der Waals surface area contributed by atoms with Crippen LogP contribution in [0.1, 0.15) is 53.9 Å². The highest BCUT2D eigenvalue weighted by Gasteiger charge is 2.47. The van der Waals surface area contributed by atoms with Crippen LogP contribution in [0.15, 0.2) is 11.6 Å². The second-order valence-corrected chi connectivity index (χ2v) is 7.37. The highest BCUT2D eigenvalue weighted by atomic mass is 16.6. The Hall–Kier alpha value is -1.12. The summed E-state index contributed by atoms with van der Waals surface area (Å²) in [6, 6.07) is 0. The lowest BCUT2D eigenvalue weighted by Gasteiger charge is -2.43. The molecule has 0 saturated heterocycles. The Kier molecular flexibility index (Phi) is 3.36. The van der Waals surface area contributed by atoms with Crippen LogP contribution in [0.5, 0.6) is 0 Å². The molecule has 2 bridgehead atoms. The summed E-state index contributed by atoms with van der Waals surface area (Å²) in [6.07, 6.45) is 4.36. The minimum Gasteiger partial charge on any atom is -0.460 e. The van der Waals surface area contributed by atoms with Crippen LogP contribution in [0.3, 0.4) is 0 Å². The SMILES string of the molecule is CC1=C[C@@H]2C[C@H](C(=O)OC(C)(C)C)C[C@@](C)(C2)C1=O. The second-order valence-electron chi connectivity index (χ2n) is 7.37. The Morgan fingerprint density at radius 3 is 2.58 bits per heavy atom. The Morgan fingerprint density at radius 1 is 1.37 bits per heavy atom. The molecule has 2 aliphatic carbocycles. The van der Waals surface area contributed by atoms with Gasteiger partial charge >= 0.3 is 5.97 Å². The largest absolute Gasteiger partial charge is 0.460 e. The highest BCUT2D eigenvalue weighted by Crippen LogP contribution is 2.48. The number of carbonyl (C=O) groups is 2. The molecule has 1 saturated carbocycles. The molecule has 3 nitrogen and oxygen atoms in total. The molecule has 0 amide bonds. The first-order chi connectivity index (χ1) is 8.61. The van der Waals surface area contributed by atoms with Crippen LogP contribution >= 0.6 is 0 Å². The third-order valence-corrected chi connectivity index (χ3v) is 4.13. The van der Waals surface area contributed by atoms with Crippen LogP contribution in [0, 0.1) is 17.3 Å². The van der Waals surface area contributed by atoms with Crippen molar-refractivity contribution in [2.45, 2.75) is 59.5 Å². The molecular weight excluding hydrogens is 240 g/mol. The Labute approximate surface area is 115 Å². The zero-order valence-corrected chi connectivity index (χ0v) is 12.6. The summed E-state index contributed by atoms with van der Waals surface area (Å²) in [5, 5.41) is 0. The van der Waals surface area contributed by atoms with Gasteiger partial charge in [-0.1, -0.05) is 13.0 Å². The minimum atomic E-state index is -0.458. The Morgan fingerprint density at radius 2 is 2.00 bits per heavy atom. The number of hydrogen-bond donors (Lipinski definition) is 0. The van der Waals surface area contributed by atoms with Gasteiger partial charge in [0.1, 0.15) is 5.60 Å². The van der Waals surface area contributed by atoms with Crippen molar-refractivity contribution >= 4 is 11.8 Å². The Bertz CT molecular complexity index is 441. The average molecular weight is 264 g/mol. The summed E-state index contributed by atoms with van der Waals surface area (Å²) >= 11 is 0. The van der Waals surface area contributed by atoms with Crippen LogP contribution in [-0.4, -0.2) is 17.4 Å². The van der Waals surface area contributed by atoms with Gasteiger partial charge in [-0.2, -0.15) is 0 Å². The molecule has 2 rings (SSSR count). The summed E-state index contributed by atoms with van der Waals surface area (Å²) < 4.78 is 5.48. The van der Waals surface area contributed by atoms with Crippen molar-refractivity contribution < 1.29 is 14.3 Å². The van der Waals surface area contributed by atoms with Crippen LogP contribution in [-0.2, 0) is 14.3 Å². The second kappa shape index (κ2) is 4.46. The molecule has 19 heavy (non-hydrogen) atoms. The topological polar surface area (TPSA) is 43.4 Å². The number of ketones is 1. The third kappa shape index (κ3) is 2.90. The maximum Gasteiger partial charge on any atom is 0.309 e. The lowest BCUT2D eigenvalue weighted by atomic mass is 9.60. The van der Waals surface area contributed by atoms with E-state index in [1.165, 1.54) is 0 Å². The number of hydrogen-bond acceptors (Lipinski definition) is 3. The first-order valence-corrected chi connectivity index (χ1v) is 7.07. The number of carbonyl (C=O) groups excluding carboxylic acids is 2. The monoisotopic (exact) mass is 264 g/mol. The summed E-state index contributed by atoms with van der Waals surface area (Å²) in [5.41, 5.74) is 0.0327. The van der Waals surface area contributed by atoms with Gasteiger partial charge in [-0.05, 0) is 58.4 Å². The number of Topliss-reactive ketones (excluding diaryl/α,β-unsaturated/α-hetero) is 1. The summed E-state index contributed by atoms with van der Waals surface area (Å²) in [4.78, 5) is 24.5. The fourth-order valence-corrected chi connectivity index (χ4v) is 3.52. The minimum absolute atomic E-state index is 0.142. The molecule has 2 aliphatic rings. The number of ether oxygens (including phenoxy) is 1. The van der Waals surface area contributed by atoms with Gasteiger partial charge < -0.3 is 4.74 Å². The molecule has 0 aromatic heterocycles. The normalized spacial score (nSPS) is 34.8.